The Balaban J connectivity index is 2.83. The van der Waals surface area contributed by atoms with Gasteiger partial charge in [-0.1, -0.05) is 13.0 Å². The van der Waals surface area contributed by atoms with Gasteiger partial charge in [0.05, 0.1) is 6.61 Å². The number of aromatic nitrogens is 1. The molecule has 102 valence electrons. The molecule has 0 saturated carbocycles. The molecule has 0 aliphatic carbocycles. The number of methoxy groups -OCH3 is 1. The molecule has 4 heteroatoms. The fourth-order valence-corrected chi connectivity index (χ4v) is 1.81. The Morgan fingerprint density at radius 1 is 1.39 bits per heavy atom. The van der Waals surface area contributed by atoms with Gasteiger partial charge in [-0.3, -0.25) is 0 Å². The molecule has 1 aromatic rings. The van der Waals surface area contributed by atoms with Gasteiger partial charge in [0, 0.05) is 31.9 Å². The van der Waals surface area contributed by atoms with E-state index in [2.05, 4.69) is 29.8 Å². The van der Waals surface area contributed by atoms with Crippen molar-refractivity contribution >= 4 is 5.82 Å². The van der Waals surface area contributed by atoms with Gasteiger partial charge in [0.15, 0.2) is 0 Å². The maximum atomic E-state index is 5.83. The van der Waals surface area contributed by atoms with Crippen molar-refractivity contribution in [2.75, 3.05) is 25.2 Å². The zero-order chi connectivity index (χ0) is 13.5. The van der Waals surface area contributed by atoms with Crippen LogP contribution in [-0.4, -0.2) is 31.3 Å². The van der Waals surface area contributed by atoms with Gasteiger partial charge in [0.1, 0.15) is 5.82 Å². The van der Waals surface area contributed by atoms with Crippen molar-refractivity contribution < 1.29 is 4.74 Å². The van der Waals surface area contributed by atoms with Crippen LogP contribution in [0.4, 0.5) is 5.82 Å². The average Bonchev–Trinajstić information content (AvgIpc) is 2.39. The minimum Gasteiger partial charge on any atom is -0.383 e. The highest BCUT2D eigenvalue weighted by molar-refractivity contribution is 5.40. The number of hydrogen-bond donors (Lipinski definition) is 1. The summed E-state index contributed by atoms with van der Waals surface area (Å²) in [6, 6.07) is 4.58. The predicted octanol–water partition coefficient (Wildman–Crippen LogP) is 2.35. The van der Waals surface area contributed by atoms with Gasteiger partial charge in [0.2, 0.25) is 0 Å². The Morgan fingerprint density at radius 2 is 2.11 bits per heavy atom. The van der Waals surface area contributed by atoms with Crippen molar-refractivity contribution in [2.45, 2.75) is 39.3 Å². The van der Waals surface area contributed by atoms with E-state index in [-0.39, 0.29) is 6.04 Å². The molecule has 0 amide bonds. The zero-order valence-electron chi connectivity index (χ0n) is 11.9. The second-order valence-corrected chi connectivity index (χ2v) is 4.68. The van der Waals surface area contributed by atoms with Crippen LogP contribution in [0.1, 0.15) is 38.8 Å². The largest absolute Gasteiger partial charge is 0.383 e. The molecule has 0 aliphatic heterocycles. The van der Waals surface area contributed by atoms with Crippen LogP contribution in [0.2, 0.25) is 0 Å². The highest BCUT2D eigenvalue weighted by atomic mass is 16.5. The lowest BCUT2D eigenvalue weighted by Crippen LogP contribution is -2.36. The van der Waals surface area contributed by atoms with E-state index in [0.717, 1.165) is 24.3 Å². The second-order valence-electron chi connectivity index (χ2n) is 4.68. The predicted molar refractivity (Wildman–Crippen MR) is 75.8 cm³/mol. The molecule has 4 nitrogen and oxygen atoms in total. The molecule has 2 N–H and O–H groups in total. The number of nitrogens with zero attached hydrogens (tertiary/aromatic N) is 2. The summed E-state index contributed by atoms with van der Waals surface area (Å²) in [4.78, 5) is 6.78. The van der Waals surface area contributed by atoms with Crippen molar-refractivity contribution in [3.63, 3.8) is 0 Å². The average molecular weight is 251 g/mol. The number of ether oxygens (including phenoxy) is 1. The molecule has 0 aromatic carbocycles. The molecule has 0 aliphatic rings. The number of rotatable bonds is 7. The topological polar surface area (TPSA) is 51.4 Å². The molecular formula is C14H25N3O. The standard InChI is InChI=1S/C14H25N3O/c1-5-11(2)17(8-9-18-4)14-7-6-13(10-16-14)12(3)15/h6-7,10-12H,5,8-9,15H2,1-4H3/t11?,12-/m0/s1. The van der Waals surface area contributed by atoms with Gasteiger partial charge < -0.3 is 15.4 Å². The molecule has 0 fully saturated rings. The molecule has 1 aromatic heterocycles. The van der Waals surface area contributed by atoms with Gasteiger partial charge in [-0.25, -0.2) is 4.98 Å². The Labute approximate surface area is 110 Å². The maximum Gasteiger partial charge on any atom is 0.128 e. The molecule has 0 spiro atoms. The van der Waals surface area contributed by atoms with Crippen LogP contribution in [-0.2, 0) is 4.74 Å². The number of pyridine rings is 1. The van der Waals surface area contributed by atoms with Crippen LogP contribution in [0.25, 0.3) is 0 Å². The Bertz CT molecular complexity index is 337. The first-order chi connectivity index (χ1) is 8.60. The molecule has 1 unspecified atom stereocenters. The second kappa shape index (κ2) is 7.34. The third kappa shape index (κ3) is 3.96. The summed E-state index contributed by atoms with van der Waals surface area (Å²) in [5.74, 6) is 0.991. The highest BCUT2D eigenvalue weighted by Gasteiger charge is 2.14. The SMILES string of the molecule is CCC(C)N(CCOC)c1ccc([C@H](C)N)cn1. The Hall–Kier alpha value is -1.13. The monoisotopic (exact) mass is 251 g/mol. The highest BCUT2D eigenvalue weighted by Crippen LogP contribution is 2.18. The van der Waals surface area contributed by atoms with Crippen molar-refractivity contribution in [1.29, 1.82) is 0 Å². The third-order valence-corrected chi connectivity index (χ3v) is 3.25. The van der Waals surface area contributed by atoms with Crippen LogP contribution in [0.5, 0.6) is 0 Å². The van der Waals surface area contributed by atoms with Crippen LogP contribution in [0, 0.1) is 0 Å². The first kappa shape index (κ1) is 14.9. The molecule has 0 radical (unpaired) electrons. The van der Waals surface area contributed by atoms with E-state index in [1.54, 1.807) is 7.11 Å². The van der Waals surface area contributed by atoms with Gasteiger partial charge in [0.25, 0.3) is 0 Å². The first-order valence-corrected chi connectivity index (χ1v) is 6.57. The summed E-state index contributed by atoms with van der Waals surface area (Å²) in [6.07, 6.45) is 2.95. The first-order valence-electron chi connectivity index (χ1n) is 6.57. The van der Waals surface area contributed by atoms with E-state index in [4.69, 9.17) is 10.5 Å². The molecule has 2 atom stereocenters. The van der Waals surface area contributed by atoms with Crippen LogP contribution in [0.15, 0.2) is 18.3 Å². The van der Waals surface area contributed by atoms with E-state index in [1.807, 2.05) is 19.2 Å². The van der Waals surface area contributed by atoms with E-state index < -0.39 is 0 Å². The van der Waals surface area contributed by atoms with Gasteiger partial charge in [-0.2, -0.15) is 0 Å². The third-order valence-electron chi connectivity index (χ3n) is 3.25. The zero-order valence-corrected chi connectivity index (χ0v) is 11.9. The lowest BCUT2D eigenvalue weighted by Gasteiger charge is -2.29. The maximum absolute atomic E-state index is 5.83. The number of hydrogen-bond acceptors (Lipinski definition) is 4. The van der Waals surface area contributed by atoms with Crippen LogP contribution >= 0.6 is 0 Å². The van der Waals surface area contributed by atoms with Gasteiger partial charge >= 0.3 is 0 Å². The molecule has 18 heavy (non-hydrogen) atoms. The molecule has 1 rings (SSSR count). The van der Waals surface area contributed by atoms with Crippen molar-refractivity contribution in [2.24, 2.45) is 5.73 Å². The fraction of sp³-hybridized carbons (Fsp3) is 0.643. The normalized spacial score (nSPS) is 14.3. The smallest absolute Gasteiger partial charge is 0.128 e. The minimum absolute atomic E-state index is 0.0302. The molecule has 0 saturated heterocycles. The van der Waals surface area contributed by atoms with Crippen molar-refractivity contribution in [3.05, 3.63) is 23.9 Å². The number of anilines is 1. The van der Waals surface area contributed by atoms with Gasteiger partial charge in [-0.15, -0.1) is 0 Å². The summed E-state index contributed by atoms with van der Waals surface area (Å²) < 4.78 is 5.16. The van der Waals surface area contributed by atoms with E-state index in [0.29, 0.717) is 12.6 Å². The van der Waals surface area contributed by atoms with Crippen molar-refractivity contribution in [1.82, 2.24) is 4.98 Å². The molecule has 1 heterocycles. The minimum atomic E-state index is 0.0302. The lowest BCUT2D eigenvalue weighted by atomic mass is 10.1. The fourth-order valence-electron chi connectivity index (χ4n) is 1.81. The molecular weight excluding hydrogens is 226 g/mol. The summed E-state index contributed by atoms with van der Waals surface area (Å²) in [6.45, 7) is 7.92. The van der Waals surface area contributed by atoms with Crippen molar-refractivity contribution in [3.8, 4) is 0 Å². The van der Waals surface area contributed by atoms with Crippen LogP contribution < -0.4 is 10.6 Å². The van der Waals surface area contributed by atoms with E-state index in [9.17, 15) is 0 Å². The Morgan fingerprint density at radius 3 is 2.56 bits per heavy atom. The summed E-state index contributed by atoms with van der Waals surface area (Å²) in [5.41, 5.74) is 6.90. The summed E-state index contributed by atoms with van der Waals surface area (Å²) in [5, 5.41) is 0. The summed E-state index contributed by atoms with van der Waals surface area (Å²) >= 11 is 0. The van der Waals surface area contributed by atoms with E-state index in [1.165, 1.54) is 0 Å². The Kier molecular flexibility index (Phi) is 6.09. The molecule has 0 bridgehead atoms. The summed E-state index contributed by atoms with van der Waals surface area (Å²) in [7, 11) is 1.72. The number of nitrogens with two attached hydrogens (primary N) is 1. The van der Waals surface area contributed by atoms with Crippen LogP contribution in [0.3, 0.4) is 0 Å². The quantitative estimate of drug-likeness (QED) is 0.808. The van der Waals surface area contributed by atoms with Gasteiger partial charge in [-0.05, 0) is 31.9 Å². The van der Waals surface area contributed by atoms with E-state index >= 15 is 0 Å². The lowest BCUT2D eigenvalue weighted by molar-refractivity contribution is 0.203.